The van der Waals surface area contributed by atoms with Crippen molar-refractivity contribution in [3.05, 3.63) is 46.5 Å². The Hall–Kier alpha value is -1.71. The van der Waals surface area contributed by atoms with Crippen molar-refractivity contribution in [3.8, 4) is 0 Å². The highest BCUT2D eigenvalue weighted by molar-refractivity contribution is 5.95. The predicted molar refractivity (Wildman–Crippen MR) is 79.4 cm³/mol. The zero-order chi connectivity index (χ0) is 15.3. The molecule has 22 heavy (non-hydrogen) atoms. The maximum absolute atomic E-state index is 13.9. The van der Waals surface area contributed by atoms with Gasteiger partial charge in [0.1, 0.15) is 11.6 Å². The number of halogens is 2. The van der Waals surface area contributed by atoms with E-state index in [0.29, 0.717) is 0 Å². The fourth-order valence-corrected chi connectivity index (χ4v) is 4.14. The normalized spacial score (nSPS) is 27.1. The highest BCUT2D eigenvalue weighted by Gasteiger charge is 2.42. The Morgan fingerprint density at radius 1 is 1.05 bits per heavy atom. The number of rotatable bonds is 1. The summed E-state index contributed by atoms with van der Waals surface area (Å²) in [5.41, 5.74) is 3.14. The molecule has 2 nitrogen and oxygen atoms in total. The van der Waals surface area contributed by atoms with Gasteiger partial charge in [-0.2, -0.15) is 0 Å². The van der Waals surface area contributed by atoms with E-state index in [1.54, 1.807) is 11.1 Å². The fraction of sp³-hybridized carbons (Fsp3) is 0.500. The quantitative estimate of drug-likeness (QED) is 0.712. The van der Waals surface area contributed by atoms with Crippen LogP contribution in [0.3, 0.4) is 0 Å². The zero-order valence-corrected chi connectivity index (χ0v) is 12.4. The molecule has 2 bridgehead atoms. The first-order valence-corrected chi connectivity index (χ1v) is 8.11. The lowest BCUT2D eigenvalue weighted by atomic mass is 9.82. The Morgan fingerprint density at radius 2 is 1.73 bits per heavy atom. The summed E-state index contributed by atoms with van der Waals surface area (Å²) in [5.74, 6) is -1.68. The molecule has 2 aliphatic heterocycles. The second-order valence-corrected chi connectivity index (χ2v) is 6.69. The molecule has 4 heteroatoms. The summed E-state index contributed by atoms with van der Waals surface area (Å²) in [4.78, 5) is 14.6. The number of hydrogen-bond acceptors (Lipinski definition) is 1. The van der Waals surface area contributed by atoms with Gasteiger partial charge in [0.2, 0.25) is 0 Å². The van der Waals surface area contributed by atoms with Gasteiger partial charge in [-0.25, -0.2) is 8.78 Å². The fourth-order valence-electron chi connectivity index (χ4n) is 4.14. The van der Waals surface area contributed by atoms with Crippen molar-refractivity contribution in [2.45, 2.75) is 57.0 Å². The lowest BCUT2D eigenvalue weighted by Gasteiger charge is -2.38. The first kappa shape index (κ1) is 13.9. The van der Waals surface area contributed by atoms with Crippen molar-refractivity contribution in [1.29, 1.82) is 0 Å². The van der Waals surface area contributed by atoms with Crippen LogP contribution in [0.25, 0.3) is 0 Å². The van der Waals surface area contributed by atoms with Crippen LogP contribution in [0, 0.1) is 11.6 Å². The Bertz CT molecular complexity index is 645. The predicted octanol–water partition coefficient (Wildman–Crippen LogP) is 4.21. The summed E-state index contributed by atoms with van der Waals surface area (Å²) in [6.07, 6.45) is 7.61. The molecule has 4 rings (SSSR count). The minimum atomic E-state index is -0.757. The van der Waals surface area contributed by atoms with Crippen LogP contribution >= 0.6 is 0 Å². The van der Waals surface area contributed by atoms with Crippen molar-refractivity contribution < 1.29 is 13.6 Å². The van der Waals surface area contributed by atoms with Crippen LogP contribution in [0.2, 0.25) is 0 Å². The third kappa shape index (κ3) is 2.16. The van der Waals surface area contributed by atoms with E-state index in [1.807, 2.05) is 4.90 Å². The average molecular weight is 303 g/mol. The molecule has 0 spiro atoms. The second kappa shape index (κ2) is 5.18. The Balaban J connectivity index is 1.60. The highest BCUT2D eigenvalue weighted by Crippen LogP contribution is 2.43. The number of carbonyl (C=O) groups excluding carboxylic acids is 1. The summed E-state index contributed by atoms with van der Waals surface area (Å²) < 4.78 is 26.9. The van der Waals surface area contributed by atoms with Gasteiger partial charge in [-0.1, -0.05) is 11.1 Å². The van der Waals surface area contributed by atoms with E-state index in [2.05, 4.69) is 0 Å². The van der Waals surface area contributed by atoms with Crippen LogP contribution in [0.4, 0.5) is 8.78 Å². The third-order valence-electron chi connectivity index (χ3n) is 5.44. The summed E-state index contributed by atoms with van der Waals surface area (Å²) in [7, 11) is 0. The molecular weight excluding hydrogens is 284 g/mol. The molecule has 0 radical (unpaired) electrons. The molecule has 2 heterocycles. The number of fused-ring (bicyclic) bond motifs is 2. The maximum Gasteiger partial charge on any atom is 0.257 e. The molecule has 3 fully saturated rings. The standard InChI is InChI=1S/C18H19F2NO/c19-13-4-7-16(17(20)10-13)18(22)21-14-5-6-15(21)9-12(8-14)11-2-1-3-11/h4,7,10,14-15H,1-3,5-6,8-9H2. The van der Waals surface area contributed by atoms with Crippen LogP contribution in [0.15, 0.2) is 29.3 Å². The van der Waals surface area contributed by atoms with Gasteiger partial charge in [-0.05, 0) is 57.1 Å². The Kier molecular flexibility index (Phi) is 3.28. The Morgan fingerprint density at radius 3 is 2.27 bits per heavy atom. The second-order valence-electron chi connectivity index (χ2n) is 6.69. The van der Waals surface area contributed by atoms with Crippen LogP contribution in [-0.4, -0.2) is 22.9 Å². The molecule has 1 aliphatic carbocycles. The number of allylic oxidation sites excluding steroid dienone is 1. The molecule has 0 aromatic heterocycles. The van der Waals surface area contributed by atoms with E-state index in [9.17, 15) is 13.6 Å². The van der Waals surface area contributed by atoms with Gasteiger partial charge in [-0.3, -0.25) is 4.79 Å². The molecule has 1 amide bonds. The van der Waals surface area contributed by atoms with Crippen molar-refractivity contribution in [2.75, 3.05) is 0 Å². The maximum atomic E-state index is 13.9. The van der Waals surface area contributed by atoms with Gasteiger partial charge in [-0.15, -0.1) is 0 Å². The third-order valence-corrected chi connectivity index (χ3v) is 5.44. The molecule has 1 aromatic rings. The number of carbonyl (C=O) groups is 1. The zero-order valence-electron chi connectivity index (χ0n) is 12.4. The average Bonchev–Trinajstić information content (AvgIpc) is 2.67. The minimum absolute atomic E-state index is 0.00181. The molecule has 2 unspecified atom stereocenters. The van der Waals surface area contributed by atoms with E-state index in [0.717, 1.165) is 37.8 Å². The van der Waals surface area contributed by atoms with Gasteiger partial charge in [0.25, 0.3) is 5.91 Å². The highest BCUT2D eigenvalue weighted by atomic mass is 19.1. The van der Waals surface area contributed by atoms with E-state index < -0.39 is 11.6 Å². The van der Waals surface area contributed by atoms with E-state index in [4.69, 9.17) is 0 Å². The topological polar surface area (TPSA) is 20.3 Å². The lowest BCUT2D eigenvalue weighted by molar-refractivity contribution is 0.0628. The van der Waals surface area contributed by atoms with Crippen molar-refractivity contribution in [2.24, 2.45) is 0 Å². The van der Waals surface area contributed by atoms with E-state index in [1.165, 1.54) is 25.3 Å². The molecular formula is C18H19F2NO. The molecule has 0 N–H and O–H groups in total. The summed E-state index contributed by atoms with van der Waals surface area (Å²) >= 11 is 0. The van der Waals surface area contributed by atoms with Crippen LogP contribution in [0.1, 0.15) is 55.3 Å². The van der Waals surface area contributed by atoms with Gasteiger partial charge in [0, 0.05) is 18.2 Å². The number of benzene rings is 1. The molecule has 3 aliphatic rings. The van der Waals surface area contributed by atoms with Gasteiger partial charge in [0.15, 0.2) is 0 Å². The monoisotopic (exact) mass is 303 g/mol. The smallest absolute Gasteiger partial charge is 0.257 e. The molecule has 2 atom stereocenters. The molecule has 1 saturated carbocycles. The molecule has 1 aromatic carbocycles. The number of piperidine rings is 1. The van der Waals surface area contributed by atoms with Gasteiger partial charge >= 0.3 is 0 Å². The minimum Gasteiger partial charge on any atom is -0.332 e. The summed E-state index contributed by atoms with van der Waals surface area (Å²) in [5, 5.41) is 0. The number of nitrogens with zero attached hydrogens (tertiary/aromatic N) is 1. The van der Waals surface area contributed by atoms with Crippen LogP contribution in [0.5, 0.6) is 0 Å². The van der Waals surface area contributed by atoms with Crippen LogP contribution < -0.4 is 0 Å². The molecule has 116 valence electrons. The lowest BCUT2D eigenvalue weighted by Crippen LogP contribution is -2.45. The van der Waals surface area contributed by atoms with Crippen LogP contribution in [-0.2, 0) is 0 Å². The largest absolute Gasteiger partial charge is 0.332 e. The van der Waals surface area contributed by atoms with Crippen molar-refractivity contribution in [3.63, 3.8) is 0 Å². The first-order chi connectivity index (χ1) is 10.6. The first-order valence-electron chi connectivity index (χ1n) is 8.11. The summed E-state index contributed by atoms with van der Waals surface area (Å²) in [6.45, 7) is 0. The SMILES string of the molecule is O=C(c1ccc(F)cc1F)N1C2CCC1CC(=C1CCC1)C2. The Labute approximate surface area is 128 Å². The van der Waals surface area contributed by atoms with Gasteiger partial charge in [0.05, 0.1) is 5.56 Å². The van der Waals surface area contributed by atoms with Crippen molar-refractivity contribution in [1.82, 2.24) is 4.90 Å². The van der Waals surface area contributed by atoms with E-state index >= 15 is 0 Å². The number of hydrogen-bond donors (Lipinski definition) is 0. The molecule has 2 saturated heterocycles. The summed E-state index contributed by atoms with van der Waals surface area (Å²) in [6, 6.07) is 3.61. The number of amides is 1. The van der Waals surface area contributed by atoms with E-state index in [-0.39, 0.29) is 23.6 Å². The van der Waals surface area contributed by atoms with Gasteiger partial charge < -0.3 is 4.90 Å². The van der Waals surface area contributed by atoms with Crippen molar-refractivity contribution >= 4 is 5.91 Å².